The fourth-order valence-corrected chi connectivity index (χ4v) is 2.25. The molecule has 0 aliphatic heterocycles. The zero-order valence-corrected chi connectivity index (χ0v) is 8.76. The molecule has 0 bridgehead atoms. The minimum Gasteiger partial charge on any atom is -0.320 e. The van der Waals surface area contributed by atoms with Crippen LogP contribution in [-0.4, -0.2) is 9.78 Å². The molecule has 1 aliphatic carbocycles. The van der Waals surface area contributed by atoms with Gasteiger partial charge in [0, 0.05) is 7.05 Å². The molecule has 2 rings (SSSR count). The molecule has 1 unspecified atom stereocenters. The van der Waals surface area contributed by atoms with Crippen LogP contribution in [0, 0.1) is 12.3 Å². The van der Waals surface area contributed by atoms with E-state index in [2.05, 4.69) is 25.9 Å². The maximum atomic E-state index is 6.33. The smallest absolute Gasteiger partial charge is 0.0641 e. The molecule has 1 fully saturated rings. The van der Waals surface area contributed by atoms with Gasteiger partial charge < -0.3 is 5.73 Å². The Balaban J connectivity index is 2.48. The summed E-state index contributed by atoms with van der Waals surface area (Å²) in [6.45, 7) is 6.49. The molecule has 2 N–H and O–H groups in total. The van der Waals surface area contributed by atoms with E-state index in [9.17, 15) is 0 Å². The fraction of sp³-hybridized carbons (Fsp3) is 0.700. The van der Waals surface area contributed by atoms with E-state index in [0.717, 1.165) is 6.42 Å². The Kier molecular flexibility index (Phi) is 1.45. The van der Waals surface area contributed by atoms with Crippen molar-refractivity contribution >= 4 is 0 Å². The molecular weight excluding hydrogens is 162 g/mol. The van der Waals surface area contributed by atoms with Gasteiger partial charge in [0.1, 0.15) is 0 Å². The fourth-order valence-electron chi connectivity index (χ4n) is 2.25. The molecule has 0 aromatic carbocycles. The summed E-state index contributed by atoms with van der Waals surface area (Å²) in [5, 5.41) is 4.22. The first kappa shape index (κ1) is 8.75. The number of aryl methyl sites for hydroxylation is 2. The Morgan fingerprint density at radius 2 is 2.08 bits per heavy atom. The van der Waals surface area contributed by atoms with Crippen molar-refractivity contribution in [1.82, 2.24) is 9.78 Å². The molecule has 13 heavy (non-hydrogen) atoms. The summed E-state index contributed by atoms with van der Waals surface area (Å²) in [5.41, 5.74) is 8.80. The zero-order chi connectivity index (χ0) is 9.85. The van der Waals surface area contributed by atoms with Crippen LogP contribution in [0.15, 0.2) is 6.20 Å². The first-order valence-electron chi connectivity index (χ1n) is 4.66. The van der Waals surface area contributed by atoms with Crippen LogP contribution in [0.1, 0.15) is 31.5 Å². The van der Waals surface area contributed by atoms with Gasteiger partial charge in [0.05, 0.1) is 17.4 Å². The second-order valence-electron chi connectivity index (χ2n) is 4.83. The summed E-state index contributed by atoms with van der Waals surface area (Å²) in [4.78, 5) is 0. The largest absolute Gasteiger partial charge is 0.320 e. The first-order chi connectivity index (χ1) is 5.88. The quantitative estimate of drug-likeness (QED) is 0.706. The summed E-state index contributed by atoms with van der Waals surface area (Å²) in [7, 11) is 1.96. The van der Waals surface area contributed by atoms with Crippen LogP contribution in [0.4, 0.5) is 0 Å². The molecule has 0 saturated heterocycles. The van der Waals surface area contributed by atoms with Crippen LogP contribution in [-0.2, 0) is 12.6 Å². The van der Waals surface area contributed by atoms with Gasteiger partial charge in [-0.2, -0.15) is 5.10 Å². The first-order valence-corrected chi connectivity index (χ1v) is 4.66. The number of nitrogens with zero attached hydrogens (tertiary/aromatic N) is 2. The van der Waals surface area contributed by atoms with Gasteiger partial charge in [-0.15, -0.1) is 0 Å². The predicted octanol–water partition coefficient (Wildman–Crippen LogP) is 1.31. The van der Waals surface area contributed by atoms with E-state index in [0.29, 0.717) is 0 Å². The van der Waals surface area contributed by atoms with E-state index in [4.69, 9.17) is 5.73 Å². The normalized spacial score (nSPS) is 30.5. The molecule has 1 aromatic heterocycles. The number of rotatable bonds is 1. The lowest BCUT2D eigenvalue weighted by molar-refractivity contribution is 0.476. The van der Waals surface area contributed by atoms with Crippen LogP contribution in [0.3, 0.4) is 0 Å². The van der Waals surface area contributed by atoms with Gasteiger partial charge in [-0.25, -0.2) is 0 Å². The SMILES string of the molecule is Cc1cnn(C)c1C1(N)CC1(C)C. The highest BCUT2D eigenvalue weighted by molar-refractivity contribution is 5.34. The molecule has 72 valence electrons. The second kappa shape index (κ2) is 2.15. The van der Waals surface area contributed by atoms with Crippen LogP contribution in [0.5, 0.6) is 0 Å². The minimum absolute atomic E-state index is 0.150. The standard InChI is InChI=1S/C10H17N3/c1-7-5-12-13(4)8(7)10(11)6-9(10,2)3/h5H,6,11H2,1-4H3. The summed E-state index contributed by atoms with van der Waals surface area (Å²) >= 11 is 0. The van der Waals surface area contributed by atoms with Gasteiger partial charge in [0.25, 0.3) is 0 Å². The van der Waals surface area contributed by atoms with E-state index in [1.807, 2.05) is 17.9 Å². The maximum absolute atomic E-state index is 6.33. The molecular formula is C10H17N3. The van der Waals surface area contributed by atoms with E-state index >= 15 is 0 Å². The van der Waals surface area contributed by atoms with E-state index in [-0.39, 0.29) is 11.0 Å². The van der Waals surface area contributed by atoms with Crippen molar-refractivity contribution < 1.29 is 0 Å². The predicted molar refractivity (Wildman–Crippen MR) is 52.2 cm³/mol. The highest BCUT2D eigenvalue weighted by atomic mass is 15.3. The highest BCUT2D eigenvalue weighted by Crippen LogP contribution is 2.60. The van der Waals surface area contributed by atoms with Gasteiger partial charge in [0.15, 0.2) is 0 Å². The zero-order valence-electron chi connectivity index (χ0n) is 8.76. The Morgan fingerprint density at radius 1 is 1.54 bits per heavy atom. The monoisotopic (exact) mass is 179 g/mol. The van der Waals surface area contributed by atoms with Gasteiger partial charge in [-0.05, 0) is 24.3 Å². The van der Waals surface area contributed by atoms with E-state index < -0.39 is 0 Å². The molecule has 1 aromatic rings. The Hall–Kier alpha value is -0.830. The van der Waals surface area contributed by atoms with Gasteiger partial charge in [0.2, 0.25) is 0 Å². The lowest BCUT2D eigenvalue weighted by Gasteiger charge is -2.16. The van der Waals surface area contributed by atoms with Gasteiger partial charge >= 0.3 is 0 Å². The molecule has 1 saturated carbocycles. The van der Waals surface area contributed by atoms with Crippen molar-refractivity contribution in [3.63, 3.8) is 0 Å². The van der Waals surface area contributed by atoms with Gasteiger partial charge in [-0.1, -0.05) is 13.8 Å². The summed E-state index contributed by atoms with van der Waals surface area (Å²) in [6.07, 6.45) is 2.94. The Morgan fingerprint density at radius 3 is 2.38 bits per heavy atom. The minimum atomic E-state index is -0.150. The summed E-state index contributed by atoms with van der Waals surface area (Å²) < 4.78 is 1.91. The van der Waals surface area contributed by atoms with Crippen molar-refractivity contribution in [1.29, 1.82) is 0 Å². The van der Waals surface area contributed by atoms with Crippen molar-refractivity contribution in [2.45, 2.75) is 32.7 Å². The molecule has 1 atom stereocenters. The third-order valence-corrected chi connectivity index (χ3v) is 3.35. The van der Waals surface area contributed by atoms with Crippen LogP contribution >= 0.6 is 0 Å². The molecule has 3 heteroatoms. The number of hydrogen-bond donors (Lipinski definition) is 1. The lowest BCUT2D eigenvalue weighted by atomic mass is 10.00. The molecule has 1 aliphatic rings. The number of nitrogens with two attached hydrogens (primary N) is 1. The van der Waals surface area contributed by atoms with E-state index in [1.165, 1.54) is 11.3 Å². The highest BCUT2D eigenvalue weighted by Gasteiger charge is 2.61. The second-order valence-corrected chi connectivity index (χ2v) is 4.83. The molecule has 0 spiro atoms. The van der Waals surface area contributed by atoms with E-state index in [1.54, 1.807) is 0 Å². The Bertz CT molecular complexity index is 332. The van der Waals surface area contributed by atoms with Crippen LogP contribution < -0.4 is 5.73 Å². The summed E-state index contributed by atoms with van der Waals surface area (Å²) in [6, 6.07) is 0. The van der Waals surface area contributed by atoms with Crippen molar-refractivity contribution in [2.75, 3.05) is 0 Å². The number of hydrogen-bond acceptors (Lipinski definition) is 2. The van der Waals surface area contributed by atoms with Crippen LogP contribution in [0.25, 0.3) is 0 Å². The van der Waals surface area contributed by atoms with Gasteiger partial charge in [-0.3, -0.25) is 4.68 Å². The molecule has 0 radical (unpaired) electrons. The molecule has 0 amide bonds. The van der Waals surface area contributed by atoms with Crippen molar-refractivity contribution in [2.24, 2.45) is 18.2 Å². The topological polar surface area (TPSA) is 43.8 Å². The molecule has 3 nitrogen and oxygen atoms in total. The molecule has 1 heterocycles. The third kappa shape index (κ3) is 0.967. The third-order valence-electron chi connectivity index (χ3n) is 3.35. The average Bonchev–Trinajstić information content (AvgIpc) is 2.35. The summed E-state index contributed by atoms with van der Waals surface area (Å²) in [5.74, 6) is 0. The van der Waals surface area contributed by atoms with Crippen molar-refractivity contribution in [3.8, 4) is 0 Å². The van der Waals surface area contributed by atoms with Crippen LogP contribution in [0.2, 0.25) is 0 Å². The number of aromatic nitrogens is 2. The average molecular weight is 179 g/mol. The maximum Gasteiger partial charge on any atom is 0.0641 e. The Labute approximate surface area is 78.9 Å². The lowest BCUT2D eigenvalue weighted by Crippen LogP contribution is -2.29. The van der Waals surface area contributed by atoms with Crippen molar-refractivity contribution in [3.05, 3.63) is 17.5 Å².